The zero-order valence-corrected chi connectivity index (χ0v) is 8.85. The molecule has 4 heteroatoms. The quantitative estimate of drug-likeness (QED) is 0.867. The van der Waals surface area contributed by atoms with Gasteiger partial charge in [-0.3, -0.25) is 4.79 Å². The number of halogens is 1. The summed E-state index contributed by atoms with van der Waals surface area (Å²) in [4.78, 5) is 11.6. The van der Waals surface area contributed by atoms with Crippen LogP contribution in [0.15, 0.2) is 21.4 Å². The van der Waals surface area contributed by atoms with Crippen molar-refractivity contribution >= 4 is 21.8 Å². The summed E-state index contributed by atoms with van der Waals surface area (Å²) in [5, 5.41) is 2.94. The minimum absolute atomic E-state index is 0.0216. The molecule has 1 N–H and O–H groups in total. The smallest absolute Gasteiger partial charge is 0.256 e. The average Bonchev–Trinajstić information content (AvgIpc) is 2.63. The number of amides is 1. The van der Waals surface area contributed by atoms with E-state index >= 15 is 0 Å². The number of hydrogen-bond acceptors (Lipinski definition) is 2. The highest BCUT2D eigenvalue weighted by Crippen LogP contribution is 2.34. The molecule has 2 rings (SSSR count). The van der Waals surface area contributed by atoms with Crippen molar-refractivity contribution in [1.29, 1.82) is 0 Å². The lowest BCUT2D eigenvalue weighted by atomic mass is 10.2. The van der Waals surface area contributed by atoms with Crippen molar-refractivity contribution in [2.45, 2.75) is 25.3 Å². The van der Waals surface area contributed by atoms with Crippen molar-refractivity contribution in [3.63, 3.8) is 0 Å². The number of carbonyl (C=O) groups excluding carboxylic acids is 1. The van der Waals surface area contributed by atoms with Gasteiger partial charge in [0.25, 0.3) is 5.91 Å². The third-order valence-electron chi connectivity index (χ3n) is 2.28. The minimum atomic E-state index is -0.0689. The monoisotopic (exact) mass is 243 g/mol. The fourth-order valence-electron chi connectivity index (χ4n) is 1.11. The standard InChI is InChI=1S/C9H10BrNO2/c1-9(3-4-9)11-8(12)6-2-5-13-7(6)10/h2,5H,3-4H2,1H3,(H,11,12). The molecule has 0 spiro atoms. The fraction of sp³-hybridized carbons (Fsp3) is 0.444. The summed E-state index contributed by atoms with van der Waals surface area (Å²) >= 11 is 3.17. The molecule has 0 radical (unpaired) electrons. The number of nitrogens with one attached hydrogen (secondary N) is 1. The van der Waals surface area contributed by atoms with Crippen LogP contribution in [0.3, 0.4) is 0 Å². The lowest BCUT2D eigenvalue weighted by Gasteiger charge is -2.09. The molecule has 0 unspecified atom stereocenters. The lowest BCUT2D eigenvalue weighted by Crippen LogP contribution is -2.34. The molecule has 1 saturated carbocycles. The molecule has 13 heavy (non-hydrogen) atoms. The summed E-state index contributed by atoms with van der Waals surface area (Å²) in [6.07, 6.45) is 3.62. The normalized spacial score (nSPS) is 18.3. The zero-order valence-electron chi connectivity index (χ0n) is 7.26. The number of hydrogen-bond donors (Lipinski definition) is 1. The van der Waals surface area contributed by atoms with Crippen LogP contribution in [-0.4, -0.2) is 11.4 Å². The van der Waals surface area contributed by atoms with Crippen molar-refractivity contribution in [2.24, 2.45) is 0 Å². The lowest BCUT2D eigenvalue weighted by molar-refractivity contribution is 0.0933. The highest BCUT2D eigenvalue weighted by atomic mass is 79.9. The van der Waals surface area contributed by atoms with E-state index in [1.807, 2.05) is 6.92 Å². The van der Waals surface area contributed by atoms with Gasteiger partial charge in [-0.05, 0) is 41.8 Å². The molecule has 1 aromatic heterocycles. The zero-order chi connectivity index (χ0) is 9.47. The van der Waals surface area contributed by atoms with Gasteiger partial charge in [-0.15, -0.1) is 0 Å². The van der Waals surface area contributed by atoms with Crippen molar-refractivity contribution in [1.82, 2.24) is 5.32 Å². The molecule has 0 saturated heterocycles. The van der Waals surface area contributed by atoms with E-state index in [0.29, 0.717) is 10.2 Å². The van der Waals surface area contributed by atoms with Crippen LogP contribution in [0.25, 0.3) is 0 Å². The molecule has 1 aromatic rings. The van der Waals surface area contributed by atoms with Crippen LogP contribution in [-0.2, 0) is 0 Å². The molecule has 1 heterocycles. The van der Waals surface area contributed by atoms with Crippen molar-refractivity contribution in [3.8, 4) is 0 Å². The summed E-state index contributed by atoms with van der Waals surface area (Å²) in [6, 6.07) is 1.66. The molecule has 1 aliphatic rings. The van der Waals surface area contributed by atoms with Gasteiger partial charge in [0.15, 0.2) is 4.67 Å². The van der Waals surface area contributed by atoms with Crippen LogP contribution in [0.4, 0.5) is 0 Å². The van der Waals surface area contributed by atoms with Gasteiger partial charge in [-0.2, -0.15) is 0 Å². The summed E-state index contributed by atoms with van der Waals surface area (Å²) in [5.41, 5.74) is 0.585. The van der Waals surface area contributed by atoms with Crippen molar-refractivity contribution in [3.05, 3.63) is 22.6 Å². The first-order valence-electron chi connectivity index (χ1n) is 4.16. The predicted octanol–water partition coefficient (Wildman–Crippen LogP) is 2.32. The largest absolute Gasteiger partial charge is 0.457 e. The Labute approximate surface area is 84.6 Å². The molecular weight excluding hydrogens is 234 g/mol. The van der Waals surface area contributed by atoms with Crippen molar-refractivity contribution < 1.29 is 9.21 Å². The summed E-state index contributed by atoms with van der Waals surface area (Å²) < 4.78 is 5.47. The maximum absolute atomic E-state index is 11.6. The van der Waals surface area contributed by atoms with E-state index in [9.17, 15) is 4.79 Å². The van der Waals surface area contributed by atoms with Gasteiger partial charge in [0, 0.05) is 5.54 Å². The van der Waals surface area contributed by atoms with E-state index in [-0.39, 0.29) is 11.4 Å². The van der Waals surface area contributed by atoms with Gasteiger partial charge in [0.05, 0.1) is 11.8 Å². The van der Waals surface area contributed by atoms with Crippen LogP contribution in [0, 0.1) is 0 Å². The van der Waals surface area contributed by atoms with Crippen LogP contribution in [0.2, 0.25) is 0 Å². The molecule has 70 valence electrons. The molecule has 0 bridgehead atoms. The first kappa shape index (κ1) is 8.81. The van der Waals surface area contributed by atoms with Gasteiger partial charge in [0.2, 0.25) is 0 Å². The first-order chi connectivity index (χ1) is 6.11. The van der Waals surface area contributed by atoms with Crippen LogP contribution in [0.5, 0.6) is 0 Å². The first-order valence-corrected chi connectivity index (χ1v) is 4.96. The van der Waals surface area contributed by atoms with Crippen LogP contribution in [0.1, 0.15) is 30.1 Å². The topological polar surface area (TPSA) is 42.2 Å². The third kappa shape index (κ3) is 1.77. The molecule has 1 fully saturated rings. The number of rotatable bonds is 2. The maximum Gasteiger partial charge on any atom is 0.256 e. The summed E-state index contributed by atoms with van der Waals surface area (Å²) in [7, 11) is 0. The molecule has 0 aromatic carbocycles. The highest BCUT2D eigenvalue weighted by Gasteiger charge is 2.39. The highest BCUT2D eigenvalue weighted by molar-refractivity contribution is 9.10. The second-order valence-corrected chi connectivity index (χ2v) is 4.34. The molecule has 1 aliphatic carbocycles. The van der Waals surface area contributed by atoms with E-state index in [4.69, 9.17) is 4.42 Å². The number of carbonyl (C=O) groups is 1. The maximum atomic E-state index is 11.6. The van der Waals surface area contributed by atoms with E-state index in [1.54, 1.807) is 6.07 Å². The van der Waals surface area contributed by atoms with Crippen molar-refractivity contribution in [2.75, 3.05) is 0 Å². The molecular formula is C9H10BrNO2. The van der Waals surface area contributed by atoms with E-state index in [1.165, 1.54) is 6.26 Å². The molecule has 0 aliphatic heterocycles. The fourth-order valence-corrected chi connectivity index (χ4v) is 1.53. The van der Waals surface area contributed by atoms with E-state index < -0.39 is 0 Å². The van der Waals surface area contributed by atoms with Crippen LogP contribution < -0.4 is 5.32 Å². The Bertz CT molecular complexity index is 341. The Hall–Kier alpha value is -0.770. The van der Waals surface area contributed by atoms with Gasteiger partial charge in [-0.1, -0.05) is 0 Å². The SMILES string of the molecule is CC1(NC(=O)c2ccoc2Br)CC1. The Morgan fingerprint density at radius 2 is 2.38 bits per heavy atom. The summed E-state index contributed by atoms with van der Waals surface area (Å²) in [6.45, 7) is 2.04. The minimum Gasteiger partial charge on any atom is -0.457 e. The Kier molecular flexibility index (Phi) is 1.95. The van der Waals surface area contributed by atoms with Gasteiger partial charge in [0.1, 0.15) is 0 Å². The van der Waals surface area contributed by atoms with E-state index in [0.717, 1.165) is 12.8 Å². The molecule has 1 amide bonds. The van der Waals surface area contributed by atoms with Gasteiger partial charge in [-0.25, -0.2) is 0 Å². The Morgan fingerprint density at radius 3 is 2.85 bits per heavy atom. The summed E-state index contributed by atoms with van der Waals surface area (Å²) in [5.74, 6) is -0.0689. The molecule has 3 nitrogen and oxygen atoms in total. The van der Waals surface area contributed by atoms with Gasteiger partial charge < -0.3 is 9.73 Å². The second-order valence-electron chi connectivity index (χ2n) is 3.62. The van der Waals surface area contributed by atoms with Gasteiger partial charge >= 0.3 is 0 Å². The predicted molar refractivity (Wildman–Crippen MR) is 51.5 cm³/mol. The molecule has 0 atom stereocenters. The Morgan fingerprint density at radius 1 is 1.69 bits per heavy atom. The second kappa shape index (κ2) is 2.87. The third-order valence-corrected chi connectivity index (χ3v) is 2.89. The average molecular weight is 244 g/mol. The Balaban J connectivity index is 2.09. The van der Waals surface area contributed by atoms with E-state index in [2.05, 4.69) is 21.2 Å². The van der Waals surface area contributed by atoms with Crippen LogP contribution >= 0.6 is 15.9 Å². The number of furan rings is 1.